The molecule has 0 unspecified atom stereocenters. The van der Waals surface area contributed by atoms with Crippen LogP contribution in [0.25, 0.3) is 0 Å². The average molecular weight is 352 g/mol. The lowest BCUT2D eigenvalue weighted by molar-refractivity contribution is -0.120. The fraction of sp³-hybridized carbons (Fsp3) is 0.278. The highest BCUT2D eigenvalue weighted by molar-refractivity contribution is 8.00. The molecular formula is C18H19ClFNOS. The molecule has 2 nitrogen and oxygen atoms in total. The number of hydrogen-bond donors (Lipinski definition) is 1. The minimum absolute atomic E-state index is 0.0176. The third kappa shape index (κ3) is 6.24. The average Bonchev–Trinajstić information content (AvgIpc) is 2.55. The van der Waals surface area contributed by atoms with E-state index in [9.17, 15) is 9.18 Å². The van der Waals surface area contributed by atoms with Crippen LogP contribution < -0.4 is 5.32 Å². The summed E-state index contributed by atoms with van der Waals surface area (Å²) in [6, 6.07) is 13.9. The normalized spacial score (nSPS) is 12.0. The van der Waals surface area contributed by atoms with Gasteiger partial charge in [-0.25, -0.2) is 4.39 Å². The maximum absolute atomic E-state index is 12.8. The van der Waals surface area contributed by atoms with Gasteiger partial charge >= 0.3 is 0 Å². The van der Waals surface area contributed by atoms with Gasteiger partial charge < -0.3 is 5.32 Å². The summed E-state index contributed by atoms with van der Waals surface area (Å²) in [5.41, 5.74) is 1.07. The maximum atomic E-state index is 12.8. The number of carbonyl (C=O) groups excluding carboxylic acids is 1. The molecule has 0 saturated carbocycles. The molecule has 0 radical (unpaired) electrons. The number of amides is 1. The summed E-state index contributed by atoms with van der Waals surface area (Å²) in [5, 5.41) is 3.46. The smallest absolute Gasteiger partial charge is 0.233 e. The molecule has 0 saturated heterocycles. The third-order valence-corrected chi connectivity index (χ3v) is 4.71. The topological polar surface area (TPSA) is 29.1 Å². The van der Waals surface area contributed by atoms with Crippen LogP contribution in [0.1, 0.15) is 18.9 Å². The summed E-state index contributed by atoms with van der Waals surface area (Å²) in [7, 11) is 0. The van der Waals surface area contributed by atoms with Gasteiger partial charge in [-0.3, -0.25) is 4.79 Å². The van der Waals surface area contributed by atoms with Gasteiger partial charge in [-0.15, -0.1) is 11.8 Å². The van der Waals surface area contributed by atoms with Crippen molar-refractivity contribution in [3.05, 3.63) is 64.9 Å². The van der Waals surface area contributed by atoms with Crippen molar-refractivity contribution in [3.63, 3.8) is 0 Å². The Balaban J connectivity index is 1.69. The highest BCUT2D eigenvalue weighted by Crippen LogP contribution is 2.24. The van der Waals surface area contributed by atoms with Crippen molar-refractivity contribution in [2.75, 3.05) is 6.54 Å². The predicted octanol–water partition coefficient (Wildman–Crippen LogP) is 4.71. The van der Waals surface area contributed by atoms with E-state index in [1.54, 1.807) is 12.1 Å². The zero-order valence-corrected chi connectivity index (χ0v) is 14.5. The molecule has 1 amide bonds. The quantitative estimate of drug-likeness (QED) is 0.578. The fourth-order valence-corrected chi connectivity index (χ4v) is 3.09. The monoisotopic (exact) mass is 351 g/mol. The summed E-state index contributed by atoms with van der Waals surface area (Å²) < 4.78 is 12.8. The lowest BCUT2D eigenvalue weighted by Crippen LogP contribution is -2.31. The SMILES string of the molecule is C[C@H](Sc1ccc(Cl)cc1)C(=O)NCCCc1ccc(F)cc1. The van der Waals surface area contributed by atoms with Crippen LogP contribution in [0.15, 0.2) is 53.4 Å². The Morgan fingerprint density at radius 2 is 1.83 bits per heavy atom. The second kappa shape index (κ2) is 8.94. The van der Waals surface area contributed by atoms with Crippen molar-refractivity contribution in [2.24, 2.45) is 0 Å². The third-order valence-electron chi connectivity index (χ3n) is 3.35. The number of rotatable bonds is 7. The number of nitrogens with one attached hydrogen (secondary N) is 1. The van der Waals surface area contributed by atoms with Crippen LogP contribution in [0.3, 0.4) is 0 Å². The molecule has 0 aliphatic carbocycles. The van der Waals surface area contributed by atoms with Crippen LogP contribution in [0.4, 0.5) is 4.39 Å². The Morgan fingerprint density at radius 3 is 2.48 bits per heavy atom. The van der Waals surface area contributed by atoms with Gasteiger partial charge in [-0.1, -0.05) is 23.7 Å². The Bertz CT molecular complexity index is 630. The van der Waals surface area contributed by atoms with Crippen LogP contribution in [0.2, 0.25) is 5.02 Å². The van der Waals surface area contributed by atoms with Gasteiger partial charge in [-0.2, -0.15) is 0 Å². The zero-order chi connectivity index (χ0) is 16.7. The first kappa shape index (κ1) is 17.8. The molecule has 122 valence electrons. The molecule has 0 aliphatic rings. The van der Waals surface area contributed by atoms with Crippen LogP contribution in [-0.4, -0.2) is 17.7 Å². The summed E-state index contributed by atoms with van der Waals surface area (Å²) in [4.78, 5) is 13.1. The Labute approximate surface area is 145 Å². The van der Waals surface area contributed by atoms with E-state index in [0.29, 0.717) is 11.6 Å². The van der Waals surface area contributed by atoms with Gasteiger partial charge in [-0.05, 0) is 61.7 Å². The van der Waals surface area contributed by atoms with Crippen molar-refractivity contribution < 1.29 is 9.18 Å². The number of hydrogen-bond acceptors (Lipinski definition) is 2. The van der Waals surface area contributed by atoms with E-state index < -0.39 is 0 Å². The van der Waals surface area contributed by atoms with Crippen molar-refractivity contribution in [2.45, 2.75) is 29.9 Å². The van der Waals surface area contributed by atoms with E-state index in [1.165, 1.54) is 23.9 Å². The van der Waals surface area contributed by atoms with Gasteiger partial charge in [0, 0.05) is 16.5 Å². The van der Waals surface area contributed by atoms with E-state index in [0.717, 1.165) is 23.3 Å². The van der Waals surface area contributed by atoms with Crippen molar-refractivity contribution >= 4 is 29.3 Å². The van der Waals surface area contributed by atoms with Crippen molar-refractivity contribution in [1.29, 1.82) is 0 Å². The van der Waals surface area contributed by atoms with Crippen molar-refractivity contribution in [1.82, 2.24) is 5.32 Å². The minimum Gasteiger partial charge on any atom is -0.355 e. The van der Waals surface area contributed by atoms with Gasteiger partial charge in [0.05, 0.1) is 5.25 Å². The number of aryl methyl sites for hydroxylation is 1. The molecule has 0 bridgehead atoms. The second-order valence-electron chi connectivity index (χ2n) is 5.24. The zero-order valence-electron chi connectivity index (χ0n) is 12.9. The largest absolute Gasteiger partial charge is 0.355 e. The first-order valence-corrected chi connectivity index (χ1v) is 8.75. The molecule has 2 aromatic carbocycles. The molecule has 2 rings (SSSR count). The number of thioether (sulfide) groups is 1. The number of benzene rings is 2. The summed E-state index contributed by atoms with van der Waals surface area (Å²) in [6.45, 7) is 2.50. The van der Waals surface area contributed by atoms with Crippen LogP contribution in [0.5, 0.6) is 0 Å². The summed E-state index contributed by atoms with van der Waals surface area (Å²) in [6.07, 6.45) is 1.65. The number of halogens is 2. The van der Waals surface area contributed by atoms with E-state index in [1.807, 2.05) is 31.2 Å². The molecule has 1 N–H and O–H groups in total. The van der Waals surface area contributed by atoms with Crippen LogP contribution in [0, 0.1) is 5.82 Å². The molecular weight excluding hydrogens is 333 g/mol. The molecule has 1 atom stereocenters. The molecule has 23 heavy (non-hydrogen) atoms. The summed E-state index contributed by atoms with van der Waals surface area (Å²) in [5.74, 6) is -0.209. The molecule has 0 aromatic heterocycles. The van der Waals surface area contributed by atoms with E-state index >= 15 is 0 Å². The highest BCUT2D eigenvalue weighted by Gasteiger charge is 2.13. The Morgan fingerprint density at radius 1 is 1.17 bits per heavy atom. The van der Waals surface area contributed by atoms with E-state index in [4.69, 9.17) is 11.6 Å². The molecule has 5 heteroatoms. The molecule has 0 heterocycles. The van der Waals surface area contributed by atoms with Gasteiger partial charge in [0.15, 0.2) is 0 Å². The molecule has 2 aromatic rings. The first-order chi connectivity index (χ1) is 11.0. The first-order valence-electron chi connectivity index (χ1n) is 7.49. The lowest BCUT2D eigenvalue weighted by atomic mass is 10.1. The van der Waals surface area contributed by atoms with Gasteiger partial charge in [0.1, 0.15) is 5.82 Å². The highest BCUT2D eigenvalue weighted by atomic mass is 35.5. The minimum atomic E-state index is -0.227. The van der Waals surface area contributed by atoms with Gasteiger partial charge in [0.25, 0.3) is 0 Å². The molecule has 0 fully saturated rings. The van der Waals surface area contributed by atoms with E-state index in [-0.39, 0.29) is 17.0 Å². The molecule has 0 spiro atoms. The Kier molecular flexibility index (Phi) is 6.93. The summed E-state index contributed by atoms with van der Waals surface area (Å²) >= 11 is 7.35. The Hall–Kier alpha value is -1.52. The van der Waals surface area contributed by atoms with Gasteiger partial charge in [0.2, 0.25) is 5.91 Å². The van der Waals surface area contributed by atoms with Crippen LogP contribution in [-0.2, 0) is 11.2 Å². The number of carbonyl (C=O) groups is 1. The lowest BCUT2D eigenvalue weighted by Gasteiger charge is -2.12. The standard InChI is InChI=1S/C18H19ClFNOS/c1-13(23-17-10-6-15(19)7-11-17)18(22)21-12-2-3-14-4-8-16(20)9-5-14/h4-11,13H,2-3,12H2,1H3,(H,21,22)/t13-/m0/s1. The maximum Gasteiger partial charge on any atom is 0.233 e. The predicted molar refractivity (Wildman–Crippen MR) is 94.5 cm³/mol. The van der Waals surface area contributed by atoms with Crippen LogP contribution >= 0.6 is 23.4 Å². The fourth-order valence-electron chi connectivity index (χ4n) is 2.07. The molecule has 0 aliphatic heterocycles. The van der Waals surface area contributed by atoms with E-state index in [2.05, 4.69) is 5.32 Å². The van der Waals surface area contributed by atoms with Crippen molar-refractivity contribution in [3.8, 4) is 0 Å². The second-order valence-corrected chi connectivity index (χ2v) is 7.09.